The highest BCUT2D eigenvalue weighted by Crippen LogP contribution is 2.25. The fourth-order valence-electron chi connectivity index (χ4n) is 1.52. The Labute approximate surface area is 111 Å². The SMILES string of the molecule is CSc1nc(-c2ccc(O)c(F)c2)c(C#N)c(=O)[nH]1. The van der Waals surface area contributed by atoms with Gasteiger partial charge in [0.1, 0.15) is 11.6 Å². The molecule has 1 aromatic carbocycles. The van der Waals surface area contributed by atoms with E-state index in [0.717, 1.165) is 12.1 Å². The van der Waals surface area contributed by atoms with Gasteiger partial charge in [-0.3, -0.25) is 4.79 Å². The Morgan fingerprint density at radius 1 is 1.53 bits per heavy atom. The highest BCUT2D eigenvalue weighted by Gasteiger charge is 2.14. The van der Waals surface area contributed by atoms with Crippen molar-refractivity contribution in [1.29, 1.82) is 5.26 Å². The van der Waals surface area contributed by atoms with Crippen LogP contribution in [0.4, 0.5) is 4.39 Å². The fraction of sp³-hybridized carbons (Fsp3) is 0.0833. The number of hydrogen-bond acceptors (Lipinski definition) is 5. The number of aromatic amines is 1. The molecule has 0 amide bonds. The highest BCUT2D eigenvalue weighted by molar-refractivity contribution is 7.98. The molecule has 0 aliphatic carbocycles. The number of nitrogens with zero attached hydrogens (tertiary/aromatic N) is 2. The molecule has 0 bridgehead atoms. The van der Waals surface area contributed by atoms with Crippen molar-refractivity contribution < 1.29 is 9.50 Å². The van der Waals surface area contributed by atoms with E-state index in [0.29, 0.717) is 5.16 Å². The van der Waals surface area contributed by atoms with Gasteiger partial charge in [-0.05, 0) is 24.5 Å². The van der Waals surface area contributed by atoms with Crippen LogP contribution in [0.3, 0.4) is 0 Å². The number of aromatic hydroxyl groups is 1. The van der Waals surface area contributed by atoms with E-state index >= 15 is 0 Å². The minimum atomic E-state index is -0.839. The van der Waals surface area contributed by atoms with Crippen molar-refractivity contribution in [1.82, 2.24) is 9.97 Å². The molecule has 5 nitrogen and oxygen atoms in total. The molecule has 1 aromatic heterocycles. The van der Waals surface area contributed by atoms with Gasteiger partial charge >= 0.3 is 0 Å². The van der Waals surface area contributed by atoms with E-state index in [2.05, 4.69) is 9.97 Å². The van der Waals surface area contributed by atoms with Crippen LogP contribution < -0.4 is 5.56 Å². The molecule has 0 aliphatic heterocycles. The molecule has 2 rings (SSSR count). The first-order chi connectivity index (χ1) is 9.06. The Morgan fingerprint density at radius 3 is 2.84 bits per heavy atom. The zero-order valence-electron chi connectivity index (χ0n) is 9.77. The second-order valence-corrected chi connectivity index (χ2v) is 4.37. The van der Waals surface area contributed by atoms with Crippen molar-refractivity contribution in [3.05, 3.63) is 39.9 Å². The summed E-state index contributed by atoms with van der Waals surface area (Å²) in [4.78, 5) is 18.2. The first-order valence-corrected chi connectivity index (χ1v) is 6.36. The van der Waals surface area contributed by atoms with E-state index in [4.69, 9.17) is 10.4 Å². The van der Waals surface area contributed by atoms with Crippen LogP contribution in [0.1, 0.15) is 5.56 Å². The second kappa shape index (κ2) is 5.12. The number of H-pyrrole nitrogens is 1. The molecule has 0 unspecified atom stereocenters. The van der Waals surface area contributed by atoms with Crippen LogP contribution in [-0.4, -0.2) is 21.3 Å². The second-order valence-electron chi connectivity index (χ2n) is 3.58. The van der Waals surface area contributed by atoms with Gasteiger partial charge in [0.05, 0.1) is 5.69 Å². The molecule has 0 atom stereocenters. The fourth-order valence-corrected chi connectivity index (χ4v) is 1.89. The molecular weight excluding hydrogens is 269 g/mol. The third-order valence-electron chi connectivity index (χ3n) is 2.42. The molecule has 19 heavy (non-hydrogen) atoms. The van der Waals surface area contributed by atoms with Crippen molar-refractivity contribution in [2.75, 3.05) is 6.26 Å². The van der Waals surface area contributed by atoms with Gasteiger partial charge in [-0.15, -0.1) is 0 Å². The van der Waals surface area contributed by atoms with Crippen LogP contribution in [0.25, 0.3) is 11.3 Å². The standard InChI is InChI=1S/C12H8FN3O2S/c1-19-12-15-10(7(5-14)11(18)16-12)6-2-3-9(17)8(13)4-6/h2-4,17H,1H3,(H,15,16,18). The van der Waals surface area contributed by atoms with Crippen molar-refractivity contribution in [2.24, 2.45) is 0 Å². The van der Waals surface area contributed by atoms with E-state index in [1.54, 1.807) is 12.3 Å². The summed E-state index contributed by atoms with van der Waals surface area (Å²) in [5, 5.41) is 18.5. The average molecular weight is 277 g/mol. The Balaban J connectivity index is 2.73. The van der Waals surface area contributed by atoms with Crippen LogP contribution >= 0.6 is 11.8 Å². The molecule has 96 valence electrons. The number of nitrogens with one attached hydrogen (secondary N) is 1. The zero-order chi connectivity index (χ0) is 14.0. The molecule has 0 spiro atoms. The molecule has 7 heteroatoms. The number of thioether (sulfide) groups is 1. The lowest BCUT2D eigenvalue weighted by molar-refractivity contribution is 0.432. The predicted molar refractivity (Wildman–Crippen MR) is 68.4 cm³/mol. The van der Waals surface area contributed by atoms with E-state index in [9.17, 15) is 9.18 Å². The van der Waals surface area contributed by atoms with Crippen LogP contribution in [0.2, 0.25) is 0 Å². The largest absolute Gasteiger partial charge is 0.505 e. The smallest absolute Gasteiger partial charge is 0.270 e. The maximum atomic E-state index is 13.3. The predicted octanol–water partition coefficient (Wildman–Crippen LogP) is 1.88. The monoisotopic (exact) mass is 277 g/mol. The maximum Gasteiger partial charge on any atom is 0.270 e. The molecule has 0 saturated carbocycles. The highest BCUT2D eigenvalue weighted by atomic mass is 32.2. The van der Waals surface area contributed by atoms with E-state index < -0.39 is 17.1 Å². The van der Waals surface area contributed by atoms with Crippen molar-refractivity contribution >= 4 is 11.8 Å². The third-order valence-corrected chi connectivity index (χ3v) is 3.00. The van der Waals surface area contributed by atoms with Gasteiger partial charge in [0.15, 0.2) is 16.7 Å². The van der Waals surface area contributed by atoms with Crippen LogP contribution in [0, 0.1) is 17.1 Å². The summed E-state index contributed by atoms with van der Waals surface area (Å²) in [6.45, 7) is 0. The van der Waals surface area contributed by atoms with Crippen molar-refractivity contribution in [2.45, 2.75) is 5.16 Å². The first-order valence-electron chi connectivity index (χ1n) is 5.14. The van der Waals surface area contributed by atoms with Gasteiger partial charge in [-0.25, -0.2) is 9.37 Å². The number of halogens is 1. The topological polar surface area (TPSA) is 89.8 Å². The molecule has 2 aromatic rings. The number of hydrogen-bond donors (Lipinski definition) is 2. The maximum absolute atomic E-state index is 13.3. The van der Waals surface area contributed by atoms with Crippen molar-refractivity contribution in [3.8, 4) is 23.1 Å². The van der Waals surface area contributed by atoms with Crippen molar-refractivity contribution in [3.63, 3.8) is 0 Å². The van der Waals surface area contributed by atoms with Gasteiger partial charge in [-0.2, -0.15) is 5.26 Å². The van der Waals surface area contributed by atoms with Gasteiger partial charge < -0.3 is 10.1 Å². The minimum absolute atomic E-state index is 0.0921. The van der Waals surface area contributed by atoms with Crippen LogP contribution in [-0.2, 0) is 0 Å². The van der Waals surface area contributed by atoms with E-state index in [1.165, 1.54) is 17.8 Å². The molecule has 2 N–H and O–H groups in total. The Bertz CT molecular complexity index is 737. The Kier molecular flexibility index (Phi) is 3.53. The summed E-state index contributed by atoms with van der Waals surface area (Å²) >= 11 is 1.20. The summed E-state index contributed by atoms with van der Waals surface area (Å²) in [7, 11) is 0. The first kappa shape index (κ1) is 13.1. The molecule has 1 heterocycles. The normalized spacial score (nSPS) is 10.2. The van der Waals surface area contributed by atoms with Crippen LogP contribution in [0.5, 0.6) is 5.75 Å². The van der Waals surface area contributed by atoms with Gasteiger partial charge in [0.25, 0.3) is 5.56 Å². The number of phenolic OH excluding ortho intramolecular Hbond substituents is 1. The quantitative estimate of drug-likeness (QED) is 0.646. The number of nitriles is 1. The van der Waals surface area contributed by atoms with Gasteiger partial charge in [0.2, 0.25) is 0 Å². The molecule has 0 aliphatic rings. The summed E-state index contributed by atoms with van der Waals surface area (Å²) in [5.41, 5.74) is -0.420. The third kappa shape index (κ3) is 2.44. The molecule has 0 fully saturated rings. The zero-order valence-corrected chi connectivity index (χ0v) is 10.6. The lowest BCUT2D eigenvalue weighted by atomic mass is 10.1. The van der Waals surface area contributed by atoms with E-state index in [1.807, 2.05) is 0 Å². The van der Waals surface area contributed by atoms with Crippen LogP contribution in [0.15, 0.2) is 28.2 Å². The summed E-state index contributed by atoms with van der Waals surface area (Å²) in [6.07, 6.45) is 1.71. The number of phenols is 1. The number of benzene rings is 1. The number of rotatable bonds is 2. The minimum Gasteiger partial charge on any atom is -0.505 e. The lowest BCUT2D eigenvalue weighted by Gasteiger charge is -2.05. The van der Waals surface area contributed by atoms with Gasteiger partial charge in [0, 0.05) is 5.56 Å². The molecule has 0 saturated heterocycles. The summed E-state index contributed by atoms with van der Waals surface area (Å²) in [6, 6.07) is 5.32. The molecular formula is C12H8FN3O2S. The Morgan fingerprint density at radius 2 is 2.26 bits per heavy atom. The average Bonchev–Trinajstić information content (AvgIpc) is 2.41. The lowest BCUT2D eigenvalue weighted by Crippen LogP contribution is -2.14. The molecule has 0 radical (unpaired) electrons. The van der Waals surface area contributed by atoms with Gasteiger partial charge in [-0.1, -0.05) is 11.8 Å². The van der Waals surface area contributed by atoms with E-state index in [-0.39, 0.29) is 16.8 Å². The summed E-state index contributed by atoms with van der Waals surface area (Å²) in [5.74, 6) is -1.34. The number of aromatic nitrogens is 2. The Hall–Kier alpha value is -2.33. The summed E-state index contributed by atoms with van der Waals surface area (Å²) < 4.78 is 13.3.